The first-order chi connectivity index (χ1) is 12.0. The van der Waals surface area contributed by atoms with Crippen molar-refractivity contribution in [2.24, 2.45) is 7.05 Å². The summed E-state index contributed by atoms with van der Waals surface area (Å²) < 4.78 is 8.16. The minimum absolute atomic E-state index is 0.0528. The molecule has 3 aromatic rings. The normalized spacial score (nSPS) is 12.1. The molecule has 0 aliphatic carbocycles. The summed E-state index contributed by atoms with van der Waals surface area (Å²) in [7, 11) is 1.85. The molecule has 1 N–H and O–H groups in total. The Morgan fingerprint density at radius 2 is 2.08 bits per heavy atom. The molecule has 0 aliphatic heterocycles. The van der Waals surface area contributed by atoms with Gasteiger partial charge >= 0.3 is 0 Å². The number of halogens is 1. The zero-order chi connectivity index (χ0) is 17.8. The Morgan fingerprint density at radius 3 is 2.76 bits per heavy atom. The number of aromatic nitrogens is 3. The quantitative estimate of drug-likeness (QED) is 0.613. The summed E-state index contributed by atoms with van der Waals surface area (Å²) in [5.41, 5.74) is 1.06. The maximum Gasteiger partial charge on any atom is 0.230 e. The zero-order valence-corrected chi connectivity index (χ0v) is 16.2. The van der Waals surface area contributed by atoms with Crippen molar-refractivity contribution < 1.29 is 9.21 Å². The lowest BCUT2D eigenvalue weighted by Gasteiger charge is -2.14. The molecule has 1 amide bonds. The van der Waals surface area contributed by atoms with E-state index in [0.717, 1.165) is 10.0 Å². The van der Waals surface area contributed by atoms with Crippen molar-refractivity contribution in [3.05, 3.63) is 52.7 Å². The van der Waals surface area contributed by atoms with Gasteiger partial charge < -0.3 is 14.3 Å². The van der Waals surface area contributed by atoms with E-state index in [1.807, 2.05) is 48.9 Å². The van der Waals surface area contributed by atoms with Crippen LogP contribution in [-0.4, -0.2) is 26.4 Å². The Labute approximate surface area is 158 Å². The number of carbonyl (C=O) groups excluding carboxylic acids is 1. The fourth-order valence-corrected chi connectivity index (χ4v) is 3.30. The maximum absolute atomic E-state index is 12.2. The van der Waals surface area contributed by atoms with E-state index >= 15 is 0 Å². The van der Waals surface area contributed by atoms with E-state index in [4.69, 9.17) is 4.42 Å². The summed E-state index contributed by atoms with van der Waals surface area (Å²) in [6.45, 7) is 1.96. The molecule has 2 aromatic heterocycles. The van der Waals surface area contributed by atoms with E-state index in [9.17, 15) is 4.79 Å². The van der Waals surface area contributed by atoms with Crippen LogP contribution in [0.2, 0.25) is 0 Å². The summed E-state index contributed by atoms with van der Waals surface area (Å²) in [5, 5.41) is 11.9. The molecule has 0 saturated heterocycles. The smallest absolute Gasteiger partial charge is 0.230 e. The predicted molar refractivity (Wildman–Crippen MR) is 100 cm³/mol. The molecule has 1 aromatic carbocycles. The van der Waals surface area contributed by atoms with Crippen molar-refractivity contribution in [3.63, 3.8) is 0 Å². The number of furan rings is 1. The molecular weight excluding hydrogens is 404 g/mol. The Hall–Kier alpha value is -2.06. The summed E-state index contributed by atoms with van der Waals surface area (Å²) in [6, 6.07) is 11.5. The van der Waals surface area contributed by atoms with Crippen LogP contribution in [0.3, 0.4) is 0 Å². The molecule has 0 fully saturated rings. The molecule has 0 spiro atoms. The van der Waals surface area contributed by atoms with Gasteiger partial charge in [-0.15, -0.1) is 10.2 Å². The SMILES string of the molecule is CC(NC(=O)CSc1nnc(-c2ccco2)n1C)c1ccc(Br)cc1. The van der Waals surface area contributed by atoms with E-state index in [-0.39, 0.29) is 17.7 Å². The van der Waals surface area contributed by atoms with E-state index in [2.05, 4.69) is 31.4 Å². The predicted octanol–water partition coefficient (Wildman–Crippen LogP) is 3.81. The molecule has 130 valence electrons. The van der Waals surface area contributed by atoms with Crippen molar-refractivity contribution in [1.29, 1.82) is 0 Å². The van der Waals surface area contributed by atoms with Crippen LogP contribution in [0, 0.1) is 0 Å². The molecule has 0 radical (unpaired) electrons. The number of nitrogens with one attached hydrogen (secondary N) is 1. The molecule has 2 heterocycles. The van der Waals surface area contributed by atoms with Gasteiger partial charge in [0.1, 0.15) is 0 Å². The molecular formula is C17H17BrN4O2S. The van der Waals surface area contributed by atoms with E-state index in [1.165, 1.54) is 11.8 Å². The first kappa shape index (κ1) is 17.8. The largest absolute Gasteiger partial charge is 0.461 e. The monoisotopic (exact) mass is 420 g/mol. The van der Waals surface area contributed by atoms with Crippen LogP contribution < -0.4 is 5.32 Å². The molecule has 1 unspecified atom stereocenters. The fourth-order valence-electron chi connectivity index (χ4n) is 2.31. The van der Waals surface area contributed by atoms with Gasteiger partial charge in [-0.3, -0.25) is 4.79 Å². The van der Waals surface area contributed by atoms with Crippen molar-refractivity contribution in [2.45, 2.75) is 18.1 Å². The van der Waals surface area contributed by atoms with Gasteiger partial charge in [0.05, 0.1) is 18.1 Å². The third-order valence-corrected chi connectivity index (χ3v) is 5.21. The lowest BCUT2D eigenvalue weighted by Crippen LogP contribution is -2.28. The van der Waals surface area contributed by atoms with Crippen LogP contribution in [0.5, 0.6) is 0 Å². The third-order valence-electron chi connectivity index (χ3n) is 3.66. The first-order valence-corrected chi connectivity index (χ1v) is 9.43. The number of hydrogen-bond acceptors (Lipinski definition) is 5. The molecule has 0 aliphatic rings. The van der Waals surface area contributed by atoms with Gasteiger partial charge in [-0.05, 0) is 36.8 Å². The Kier molecular flexibility index (Phi) is 5.60. The van der Waals surface area contributed by atoms with E-state index < -0.39 is 0 Å². The Balaban J connectivity index is 1.56. The minimum atomic E-state index is -0.0561. The molecule has 6 nitrogen and oxygen atoms in total. The third kappa shape index (κ3) is 4.32. The number of thioether (sulfide) groups is 1. The molecule has 3 rings (SSSR count). The average Bonchev–Trinajstić information content (AvgIpc) is 3.23. The van der Waals surface area contributed by atoms with Gasteiger partial charge in [0, 0.05) is 11.5 Å². The van der Waals surface area contributed by atoms with Gasteiger partial charge in [0.25, 0.3) is 0 Å². The molecule has 0 saturated carbocycles. The topological polar surface area (TPSA) is 73.0 Å². The van der Waals surface area contributed by atoms with Crippen LogP contribution >= 0.6 is 27.7 Å². The second kappa shape index (κ2) is 7.88. The number of hydrogen-bond donors (Lipinski definition) is 1. The highest BCUT2D eigenvalue weighted by molar-refractivity contribution is 9.10. The highest BCUT2D eigenvalue weighted by Gasteiger charge is 2.15. The average molecular weight is 421 g/mol. The van der Waals surface area contributed by atoms with Gasteiger partial charge in [-0.1, -0.05) is 39.8 Å². The molecule has 25 heavy (non-hydrogen) atoms. The van der Waals surface area contributed by atoms with Crippen LogP contribution in [-0.2, 0) is 11.8 Å². The summed E-state index contributed by atoms with van der Waals surface area (Å²) in [6.07, 6.45) is 1.59. The van der Waals surface area contributed by atoms with Crippen molar-refractivity contribution in [1.82, 2.24) is 20.1 Å². The first-order valence-electron chi connectivity index (χ1n) is 7.65. The van der Waals surface area contributed by atoms with Crippen LogP contribution in [0.1, 0.15) is 18.5 Å². The zero-order valence-electron chi connectivity index (χ0n) is 13.8. The second-order valence-corrected chi connectivity index (χ2v) is 7.33. The Morgan fingerprint density at radius 1 is 1.32 bits per heavy atom. The number of nitrogens with zero attached hydrogens (tertiary/aromatic N) is 3. The molecule has 8 heteroatoms. The number of carbonyl (C=O) groups is 1. The van der Waals surface area contributed by atoms with Crippen molar-refractivity contribution in [2.75, 3.05) is 5.75 Å². The van der Waals surface area contributed by atoms with Crippen molar-refractivity contribution in [3.8, 4) is 11.6 Å². The summed E-state index contributed by atoms with van der Waals surface area (Å²) in [4.78, 5) is 12.2. The molecule has 0 bridgehead atoms. The second-order valence-electron chi connectivity index (χ2n) is 5.47. The highest BCUT2D eigenvalue weighted by atomic mass is 79.9. The maximum atomic E-state index is 12.2. The van der Waals surface area contributed by atoms with Crippen molar-refractivity contribution >= 4 is 33.6 Å². The standard InChI is InChI=1S/C17H17BrN4O2S/c1-11(12-5-7-13(18)8-6-12)19-15(23)10-25-17-21-20-16(22(17)2)14-4-3-9-24-14/h3-9,11H,10H2,1-2H3,(H,19,23). The van der Waals surface area contributed by atoms with Gasteiger partial charge in [-0.2, -0.15) is 0 Å². The van der Waals surface area contributed by atoms with Gasteiger partial charge in [0.15, 0.2) is 16.7 Å². The fraction of sp³-hybridized carbons (Fsp3) is 0.235. The molecule has 1 atom stereocenters. The van der Waals surface area contributed by atoms with Crippen LogP contribution in [0.4, 0.5) is 0 Å². The highest BCUT2D eigenvalue weighted by Crippen LogP contribution is 2.23. The van der Waals surface area contributed by atoms with E-state index in [1.54, 1.807) is 12.3 Å². The summed E-state index contributed by atoms with van der Waals surface area (Å²) >= 11 is 4.75. The van der Waals surface area contributed by atoms with Crippen LogP contribution in [0.25, 0.3) is 11.6 Å². The minimum Gasteiger partial charge on any atom is -0.461 e. The van der Waals surface area contributed by atoms with Crippen LogP contribution in [0.15, 0.2) is 56.7 Å². The lowest BCUT2D eigenvalue weighted by molar-refractivity contribution is -0.119. The lowest BCUT2D eigenvalue weighted by atomic mass is 10.1. The van der Waals surface area contributed by atoms with E-state index in [0.29, 0.717) is 16.7 Å². The van der Waals surface area contributed by atoms with Gasteiger partial charge in [-0.25, -0.2) is 0 Å². The summed E-state index contributed by atoms with van der Waals surface area (Å²) in [5.74, 6) is 1.50. The Bertz CT molecular complexity index is 846. The number of benzene rings is 1. The number of rotatable bonds is 6. The number of amides is 1. The van der Waals surface area contributed by atoms with Gasteiger partial charge in [0.2, 0.25) is 5.91 Å².